The van der Waals surface area contributed by atoms with Crippen LogP contribution in [0, 0.1) is 6.92 Å². The van der Waals surface area contributed by atoms with Crippen molar-refractivity contribution in [1.29, 1.82) is 0 Å². The summed E-state index contributed by atoms with van der Waals surface area (Å²) in [5.74, 6) is 0.138. The maximum absolute atomic E-state index is 8.94. The Kier molecular flexibility index (Phi) is 3.86. The number of aromatic nitrogens is 2. The smallest absolute Gasteiger partial charge is 0.199 e. The lowest BCUT2D eigenvalue weighted by Gasteiger charge is -2.07. The predicted molar refractivity (Wildman–Crippen MR) is 70.1 cm³/mol. The molecule has 0 radical (unpaired) electrons. The Balaban J connectivity index is 2.09. The highest BCUT2D eigenvalue weighted by atomic mass is 35.5. The number of amidine groups is 1. The number of oxime groups is 1. The van der Waals surface area contributed by atoms with Gasteiger partial charge in [-0.25, -0.2) is 4.63 Å². The first kappa shape index (κ1) is 13.2. The Morgan fingerprint density at radius 1 is 1.53 bits per heavy atom. The van der Waals surface area contributed by atoms with E-state index in [1.54, 1.807) is 6.07 Å². The van der Waals surface area contributed by atoms with Gasteiger partial charge in [-0.1, -0.05) is 28.9 Å². The molecule has 0 fully saturated rings. The van der Waals surface area contributed by atoms with Gasteiger partial charge in [0.25, 0.3) is 0 Å². The van der Waals surface area contributed by atoms with E-state index in [4.69, 9.17) is 22.5 Å². The summed E-state index contributed by atoms with van der Waals surface area (Å²) >= 11 is 5.94. The molecule has 0 saturated heterocycles. The molecule has 0 aliphatic heterocycles. The Labute approximate surface area is 114 Å². The molecule has 100 valence electrons. The molecule has 1 heterocycles. The molecule has 1 aromatic heterocycles. The highest BCUT2D eigenvalue weighted by Crippen LogP contribution is 2.16. The number of rotatable bonds is 3. The summed E-state index contributed by atoms with van der Waals surface area (Å²) in [6.07, 6.45) is 0. The summed E-state index contributed by atoms with van der Waals surface area (Å²) < 4.78 is 4.44. The van der Waals surface area contributed by atoms with Crippen LogP contribution in [0.4, 0.5) is 5.82 Å². The first-order valence-electron chi connectivity index (χ1n) is 5.41. The normalized spacial score (nSPS) is 11.6. The molecule has 0 aliphatic rings. The molecule has 4 N–H and O–H groups in total. The van der Waals surface area contributed by atoms with Crippen molar-refractivity contribution in [1.82, 2.24) is 15.6 Å². The van der Waals surface area contributed by atoms with Gasteiger partial charge in [0.15, 0.2) is 17.3 Å². The number of hydrogen-bond donors (Lipinski definition) is 3. The number of nitrogens with one attached hydrogen (secondary N) is 1. The van der Waals surface area contributed by atoms with E-state index in [1.807, 2.05) is 19.1 Å². The summed E-state index contributed by atoms with van der Waals surface area (Å²) in [5, 5.41) is 22.6. The van der Waals surface area contributed by atoms with Gasteiger partial charge < -0.3 is 16.3 Å². The molecule has 0 unspecified atom stereocenters. The first-order valence-corrected chi connectivity index (χ1v) is 5.79. The van der Waals surface area contributed by atoms with Crippen LogP contribution < -0.4 is 11.1 Å². The van der Waals surface area contributed by atoms with Gasteiger partial charge in [0.2, 0.25) is 0 Å². The number of nitrogens with two attached hydrogens (primary N) is 1. The van der Waals surface area contributed by atoms with Crippen LogP contribution in [0.1, 0.15) is 16.8 Å². The minimum atomic E-state index is 0.0487. The van der Waals surface area contributed by atoms with Gasteiger partial charge in [-0.15, -0.1) is 0 Å². The number of halogens is 1. The molecule has 2 aromatic rings. The van der Waals surface area contributed by atoms with E-state index in [1.165, 1.54) is 0 Å². The van der Waals surface area contributed by atoms with Crippen molar-refractivity contribution in [2.75, 3.05) is 5.73 Å². The number of nitrogens with zero attached hydrogens (tertiary/aromatic N) is 3. The Hall–Kier alpha value is -2.28. The van der Waals surface area contributed by atoms with Crippen LogP contribution in [0.2, 0.25) is 5.02 Å². The van der Waals surface area contributed by atoms with E-state index in [0.29, 0.717) is 11.6 Å². The summed E-state index contributed by atoms with van der Waals surface area (Å²) in [5.41, 5.74) is 7.61. The maximum atomic E-state index is 8.94. The topological polar surface area (TPSA) is 110 Å². The maximum Gasteiger partial charge on any atom is 0.199 e. The Morgan fingerprint density at radius 2 is 2.32 bits per heavy atom. The van der Waals surface area contributed by atoms with Crippen molar-refractivity contribution in [3.8, 4) is 0 Å². The quantitative estimate of drug-likeness (QED) is 0.341. The third kappa shape index (κ3) is 2.94. The number of anilines is 1. The molecular weight excluding hydrogens is 270 g/mol. The van der Waals surface area contributed by atoms with Crippen molar-refractivity contribution in [2.45, 2.75) is 13.5 Å². The van der Waals surface area contributed by atoms with Gasteiger partial charge in [0.05, 0.1) is 0 Å². The van der Waals surface area contributed by atoms with E-state index in [-0.39, 0.29) is 17.3 Å². The van der Waals surface area contributed by atoms with E-state index in [0.717, 1.165) is 11.1 Å². The predicted octanol–water partition coefficient (Wildman–Crippen LogP) is 1.54. The van der Waals surface area contributed by atoms with E-state index in [9.17, 15) is 0 Å². The summed E-state index contributed by atoms with van der Waals surface area (Å²) in [6, 6.07) is 5.59. The van der Waals surface area contributed by atoms with Crippen molar-refractivity contribution in [3.63, 3.8) is 0 Å². The first-order chi connectivity index (χ1) is 9.11. The number of benzene rings is 1. The molecule has 0 aliphatic carbocycles. The van der Waals surface area contributed by atoms with E-state index < -0.39 is 0 Å². The van der Waals surface area contributed by atoms with Crippen molar-refractivity contribution in [3.05, 3.63) is 40.0 Å². The van der Waals surface area contributed by atoms with Crippen LogP contribution in [0.5, 0.6) is 0 Å². The largest absolute Gasteiger partial charge is 0.409 e. The third-order valence-electron chi connectivity index (χ3n) is 2.52. The monoisotopic (exact) mass is 281 g/mol. The molecule has 1 aromatic carbocycles. The van der Waals surface area contributed by atoms with Crippen molar-refractivity contribution in [2.24, 2.45) is 5.16 Å². The van der Waals surface area contributed by atoms with Gasteiger partial charge >= 0.3 is 0 Å². The second kappa shape index (κ2) is 5.57. The van der Waals surface area contributed by atoms with E-state index in [2.05, 4.69) is 25.4 Å². The molecule has 0 saturated carbocycles. The highest BCUT2D eigenvalue weighted by Gasteiger charge is 2.14. The zero-order valence-corrected chi connectivity index (χ0v) is 10.8. The summed E-state index contributed by atoms with van der Waals surface area (Å²) in [6.45, 7) is 2.33. The molecule has 7 nitrogen and oxygen atoms in total. The molecule has 19 heavy (non-hydrogen) atoms. The fraction of sp³-hybridized carbons (Fsp3) is 0.182. The third-order valence-corrected chi connectivity index (χ3v) is 2.94. The van der Waals surface area contributed by atoms with Gasteiger partial charge in [-0.2, -0.15) is 0 Å². The molecule has 8 heteroatoms. The Morgan fingerprint density at radius 3 is 2.89 bits per heavy atom. The lowest BCUT2D eigenvalue weighted by atomic mass is 10.1. The fourth-order valence-electron chi connectivity index (χ4n) is 1.53. The SMILES string of the molecule is Cc1cc(CN/C(=N/O)c2nonc2N)ccc1Cl. The molecule has 0 bridgehead atoms. The number of aryl methyl sites for hydroxylation is 1. The molecular formula is C11H12ClN5O2. The van der Waals surface area contributed by atoms with Crippen LogP contribution in [0.25, 0.3) is 0 Å². The minimum Gasteiger partial charge on any atom is -0.409 e. The van der Waals surface area contributed by atoms with Gasteiger partial charge in [0.1, 0.15) is 0 Å². The fourth-order valence-corrected chi connectivity index (χ4v) is 1.65. The highest BCUT2D eigenvalue weighted by molar-refractivity contribution is 6.31. The molecule has 2 rings (SSSR count). The number of hydrogen-bond acceptors (Lipinski definition) is 6. The molecule has 0 amide bonds. The minimum absolute atomic E-state index is 0.0487. The van der Waals surface area contributed by atoms with Crippen molar-refractivity contribution < 1.29 is 9.84 Å². The zero-order valence-electron chi connectivity index (χ0n) is 10.1. The summed E-state index contributed by atoms with van der Waals surface area (Å²) in [4.78, 5) is 0. The van der Waals surface area contributed by atoms with Crippen LogP contribution in [0.15, 0.2) is 28.0 Å². The van der Waals surface area contributed by atoms with Gasteiger partial charge in [-0.3, -0.25) is 0 Å². The second-order valence-electron chi connectivity index (χ2n) is 3.88. The second-order valence-corrected chi connectivity index (χ2v) is 4.29. The van der Waals surface area contributed by atoms with Gasteiger partial charge in [-0.05, 0) is 34.4 Å². The van der Waals surface area contributed by atoms with Crippen LogP contribution in [-0.2, 0) is 6.54 Å². The van der Waals surface area contributed by atoms with E-state index >= 15 is 0 Å². The number of nitrogen functional groups attached to an aromatic ring is 1. The zero-order chi connectivity index (χ0) is 13.8. The standard InChI is InChI=1S/C11H12ClN5O2/c1-6-4-7(2-3-8(6)12)5-14-11(15-18)9-10(13)17-19-16-9/h2-4,18H,5H2,1H3,(H2,13,17)(H,14,15). The van der Waals surface area contributed by atoms with Crippen LogP contribution in [-0.4, -0.2) is 21.4 Å². The summed E-state index contributed by atoms with van der Waals surface area (Å²) in [7, 11) is 0. The van der Waals surface area contributed by atoms with Crippen molar-refractivity contribution >= 4 is 23.3 Å². The lowest BCUT2D eigenvalue weighted by Crippen LogP contribution is -2.25. The average Bonchev–Trinajstić information content (AvgIpc) is 2.81. The molecule has 0 atom stereocenters. The Bertz CT molecular complexity index is 611. The van der Waals surface area contributed by atoms with Crippen LogP contribution in [0.3, 0.4) is 0 Å². The van der Waals surface area contributed by atoms with Crippen LogP contribution >= 0.6 is 11.6 Å². The molecule has 0 spiro atoms. The lowest BCUT2D eigenvalue weighted by molar-refractivity contribution is 0.304. The van der Waals surface area contributed by atoms with Gasteiger partial charge in [0, 0.05) is 11.6 Å². The average molecular weight is 282 g/mol.